The van der Waals surface area contributed by atoms with Gasteiger partial charge in [0.2, 0.25) is 0 Å². The Morgan fingerprint density at radius 1 is 0.750 bits per heavy atom. The molecule has 5 nitrogen and oxygen atoms in total. The van der Waals surface area contributed by atoms with Crippen molar-refractivity contribution < 1.29 is 0 Å². The van der Waals surface area contributed by atoms with Gasteiger partial charge in [0.05, 0.1) is 11.4 Å². The van der Waals surface area contributed by atoms with Crippen molar-refractivity contribution in [3.8, 4) is 0 Å². The van der Waals surface area contributed by atoms with Gasteiger partial charge in [0.15, 0.2) is 0 Å². The summed E-state index contributed by atoms with van der Waals surface area (Å²) in [5.41, 5.74) is 1.97. The number of piperazine rings is 1. The van der Waals surface area contributed by atoms with Crippen LogP contribution in [-0.2, 0) is 0 Å². The van der Waals surface area contributed by atoms with Crippen LogP contribution in [0.2, 0.25) is 0 Å². The highest BCUT2D eigenvalue weighted by Gasteiger charge is 2.19. The number of fused-ring (bicyclic) bond motifs is 1. The van der Waals surface area contributed by atoms with Gasteiger partial charge in [-0.25, -0.2) is 9.97 Å². The van der Waals surface area contributed by atoms with E-state index in [9.17, 15) is 0 Å². The van der Waals surface area contributed by atoms with Gasteiger partial charge >= 0.3 is 0 Å². The van der Waals surface area contributed by atoms with Crippen molar-refractivity contribution in [2.24, 2.45) is 0 Å². The minimum atomic E-state index is 0.987. The summed E-state index contributed by atoms with van der Waals surface area (Å²) in [5, 5.41) is 2.48. The molecule has 4 heterocycles. The third-order valence-corrected chi connectivity index (χ3v) is 6.72. The molecule has 166 valence electrons. The molecule has 3 aromatic rings. The number of benzene rings is 1. The average molecular weight is 428 g/mol. The SMILES string of the molecule is CCN1CCN(c2nc(/C=C/c3cccc(N4CCCCC4)n3)cc3ccccc23)CC1. The van der Waals surface area contributed by atoms with E-state index >= 15 is 0 Å². The molecule has 0 saturated carbocycles. The van der Waals surface area contributed by atoms with Gasteiger partial charge in [-0.1, -0.05) is 37.3 Å². The maximum absolute atomic E-state index is 5.09. The van der Waals surface area contributed by atoms with E-state index in [4.69, 9.17) is 9.97 Å². The molecule has 5 rings (SSSR count). The minimum absolute atomic E-state index is 0.987. The molecule has 2 aliphatic rings. The number of likely N-dealkylation sites (N-methyl/N-ethyl adjacent to an activating group) is 1. The number of pyridine rings is 2. The molecule has 0 amide bonds. The van der Waals surface area contributed by atoms with E-state index in [1.54, 1.807) is 0 Å². The highest BCUT2D eigenvalue weighted by atomic mass is 15.3. The van der Waals surface area contributed by atoms with E-state index in [2.05, 4.69) is 82.3 Å². The largest absolute Gasteiger partial charge is 0.357 e. The summed E-state index contributed by atoms with van der Waals surface area (Å²) >= 11 is 0. The van der Waals surface area contributed by atoms with Crippen molar-refractivity contribution in [2.75, 3.05) is 55.6 Å². The van der Waals surface area contributed by atoms with Gasteiger partial charge in [0.1, 0.15) is 11.6 Å². The zero-order chi connectivity index (χ0) is 21.8. The number of nitrogens with zero attached hydrogens (tertiary/aromatic N) is 5. The molecule has 5 heteroatoms. The fourth-order valence-corrected chi connectivity index (χ4v) is 4.81. The average Bonchev–Trinajstić information content (AvgIpc) is 2.88. The molecule has 0 atom stereocenters. The number of hydrogen-bond donors (Lipinski definition) is 0. The first-order valence-electron chi connectivity index (χ1n) is 12.1. The predicted molar refractivity (Wildman–Crippen MR) is 135 cm³/mol. The van der Waals surface area contributed by atoms with Crippen LogP contribution in [0, 0.1) is 0 Å². The molecule has 1 aromatic carbocycles. The predicted octanol–water partition coefficient (Wildman–Crippen LogP) is 4.93. The van der Waals surface area contributed by atoms with Crippen LogP contribution in [0.4, 0.5) is 11.6 Å². The summed E-state index contributed by atoms with van der Waals surface area (Å²) in [6.45, 7) is 9.83. The Labute approximate surface area is 191 Å². The molecule has 0 radical (unpaired) electrons. The molecule has 0 N–H and O–H groups in total. The number of rotatable bonds is 5. The fraction of sp³-hybridized carbons (Fsp3) is 0.407. The lowest BCUT2D eigenvalue weighted by Gasteiger charge is -2.35. The van der Waals surface area contributed by atoms with Crippen LogP contribution in [0.5, 0.6) is 0 Å². The van der Waals surface area contributed by atoms with E-state index in [0.29, 0.717) is 0 Å². The van der Waals surface area contributed by atoms with Crippen LogP contribution in [0.25, 0.3) is 22.9 Å². The first kappa shape index (κ1) is 21.0. The van der Waals surface area contributed by atoms with E-state index in [-0.39, 0.29) is 0 Å². The number of aromatic nitrogens is 2. The molecule has 2 fully saturated rings. The Hall–Kier alpha value is -2.92. The smallest absolute Gasteiger partial charge is 0.137 e. The van der Waals surface area contributed by atoms with Crippen LogP contribution >= 0.6 is 0 Å². The zero-order valence-electron chi connectivity index (χ0n) is 19.1. The summed E-state index contributed by atoms with van der Waals surface area (Å²) in [6.07, 6.45) is 8.07. The lowest BCUT2D eigenvalue weighted by Crippen LogP contribution is -2.46. The monoisotopic (exact) mass is 427 g/mol. The quantitative estimate of drug-likeness (QED) is 0.577. The first-order valence-corrected chi connectivity index (χ1v) is 12.1. The van der Waals surface area contributed by atoms with E-state index in [0.717, 1.165) is 68.8 Å². The van der Waals surface area contributed by atoms with Crippen molar-refractivity contribution >= 4 is 34.6 Å². The lowest BCUT2D eigenvalue weighted by molar-refractivity contribution is 0.271. The topological polar surface area (TPSA) is 35.5 Å². The summed E-state index contributed by atoms with van der Waals surface area (Å²) < 4.78 is 0. The summed E-state index contributed by atoms with van der Waals surface area (Å²) in [5.74, 6) is 2.20. The van der Waals surface area contributed by atoms with Gasteiger partial charge in [-0.15, -0.1) is 0 Å². The van der Waals surface area contributed by atoms with Crippen molar-refractivity contribution in [3.63, 3.8) is 0 Å². The van der Waals surface area contributed by atoms with Crippen molar-refractivity contribution in [3.05, 3.63) is 59.9 Å². The normalized spacial score (nSPS) is 18.0. The van der Waals surface area contributed by atoms with Gasteiger partial charge in [-0.2, -0.15) is 0 Å². The van der Waals surface area contributed by atoms with Crippen LogP contribution in [0.1, 0.15) is 37.6 Å². The highest BCUT2D eigenvalue weighted by molar-refractivity contribution is 5.94. The fourth-order valence-electron chi connectivity index (χ4n) is 4.81. The van der Waals surface area contributed by atoms with Crippen LogP contribution in [0.3, 0.4) is 0 Å². The second-order valence-corrected chi connectivity index (χ2v) is 8.81. The van der Waals surface area contributed by atoms with Crippen LogP contribution in [-0.4, -0.2) is 60.7 Å². The summed E-state index contributed by atoms with van der Waals surface area (Å²) in [4.78, 5) is 17.3. The molecule has 0 bridgehead atoms. The maximum atomic E-state index is 5.09. The molecule has 0 unspecified atom stereocenters. The molecular formula is C27H33N5. The third kappa shape index (κ3) is 4.63. The van der Waals surface area contributed by atoms with Crippen molar-refractivity contribution in [2.45, 2.75) is 26.2 Å². The number of anilines is 2. The molecule has 2 aromatic heterocycles. The Bertz CT molecular complexity index is 1080. The molecule has 2 saturated heterocycles. The molecular weight excluding hydrogens is 394 g/mol. The molecule has 0 aliphatic carbocycles. The zero-order valence-corrected chi connectivity index (χ0v) is 19.1. The van der Waals surface area contributed by atoms with Gasteiger partial charge in [0.25, 0.3) is 0 Å². The Morgan fingerprint density at radius 3 is 2.34 bits per heavy atom. The Kier molecular flexibility index (Phi) is 6.35. The van der Waals surface area contributed by atoms with Gasteiger partial charge in [-0.3, -0.25) is 0 Å². The summed E-state index contributed by atoms with van der Waals surface area (Å²) in [6, 6.07) is 17.1. The first-order chi connectivity index (χ1) is 15.8. The standard InChI is InChI=1S/C27H33N5/c1-2-30-17-19-32(20-18-30)27-25-11-5-4-9-22(25)21-24(29-27)14-13-23-10-8-12-26(28-23)31-15-6-3-7-16-31/h4-5,8-14,21H,2-3,6-7,15-20H2,1H3/b14-13+. The second-order valence-electron chi connectivity index (χ2n) is 8.81. The highest BCUT2D eigenvalue weighted by Crippen LogP contribution is 2.27. The molecule has 32 heavy (non-hydrogen) atoms. The van der Waals surface area contributed by atoms with Crippen molar-refractivity contribution in [1.82, 2.24) is 14.9 Å². The molecule has 2 aliphatic heterocycles. The maximum Gasteiger partial charge on any atom is 0.137 e. The van der Waals surface area contributed by atoms with Crippen LogP contribution in [0.15, 0.2) is 48.5 Å². The second kappa shape index (κ2) is 9.70. The third-order valence-electron chi connectivity index (χ3n) is 6.72. The Balaban J connectivity index is 1.41. The lowest BCUT2D eigenvalue weighted by atomic mass is 10.1. The van der Waals surface area contributed by atoms with Gasteiger partial charge in [-0.05, 0) is 61.5 Å². The van der Waals surface area contributed by atoms with Gasteiger partial charge < -0.3 is 14.7 Å². The van der Waals surface area contributed by atoms with E-state index in [1.807, 2.05) is 0 Å². The van der Waals surface area contributed by atoms with Gasteiger partial charge in [0, 0.05) is 44.7 Å². The van der Waals surface area contributed by atoms with E-state index in [1.165, 1.54) is 30.0 Å². The number of hydrogen-bond acceptors (Lipinski definition) is 5. The molecule has 0 spiro atoms. The van der Waals surface area contributed by atoms with Crippen molar-refractivity contribution in [1.29, 1.82) is 0 Å². The minimum Gasteiger partial charge on any atom is -0.357 e. The van der Waals surface area contributed by atoms with Crippen LogP contribution < -0.4 is 9.80 Å². The Morgan fingerprint density at radius 2 is 1.53 bits per heavy atom. The van der Waals surface area contributed by atoms with E-state index < -0.39 is 0 Å². The summed E-state index contributed by atoms with van der Waals surface area (Å²) in [7, 11) is 0. The number of piperidine rings is 1.